The highest BCUT2D eigenvalue weighted by molar-refractivity contribution is 5.77. The van der Waals surface area contributed by atoms with E-state index in [0.717, 1.165) is 5.56 Å². The van der Waals surface area contributed by atoms with Crippen molar-refractivity contribution in [3.63, 3.8) is 0 Å². The van der Waals surface area contributed by atoms with Gasteiger partial charge in [-0.25, -0.2) is 0 Å². The number of rotatable bonds is 6. The lowest BCUT2D eigenvalue weighted by Crippen LogP contribution is -2.14. The van der Waals surface area contributed by atoms with E-state index in [1.165, 1.54) is 7.11 Å². The van der Waals surface area contributed by atoms with Gasteiger partial charge in [-0.15, -0.1) is 0 Å². The topological polar surface area (TPSA) is 74.2 Å². The fraction of sp³-hybridized carbons (Fsp3) is 0.278. The Bertz CT molecular complexity index is 755. The Morgan fingerprint density at radius 1 is 1.08 bits per heavy atom. The number of hydrogen-bond donors (Lipinski definition) is 1. The summed E-state index contributed by atoms with van der Waals surface area (Å²) in [6.07, 6.45) is 0.335. The molecule has 0 aromatic heterocycles. The normalized spacial score (nSPS) is 13.4. The first kappa shape index (κ1) is 16.0. The number of ether oxygens (including phenoxy) is 4. The lowest BCUT2D eigenvalue weighted by molar-refractivity contribution is -0.138. The van der Waals surface area contributed by atoms with Gasteiger partial charge >= 0.3 is 5.97 Å². The fourth-order valence-electron chi connectivity index (χ4n) is 2.72. The van der Waals surface area contributed by atoms with Crippen LogP contribution < -0.4 is 18.9 Å². The van der Waals surface area contributed by atoms with Crippen molar-refractivity contribution >= 4 is 5.97 Å². The average Bonchev–Trinajstić information content (AvgIpc) is 3.06. The van der Waals surface area contributed by atoms with Crippen LogP contribution in [0.3, 0.4) is 0 Å². The molecule has 3 rings (SSSR count). The third-order valence-electron chi connectivity index (χ3n) is 3.98. The van der Waals surface area contributed by atoms with Crippen LogP contribution in [0.2, 0.25) is 0 Å². The number of hydrogen-bond acceptors (Lipinski definition) is 5. The molecule has 0 bridgehead atoms. The molecule has 0 saturated carbocycles. The zero-order chi connectivity index (χ0) is 17.1. The number of benzene rings is 2. The summed E-state index contributed by atoms with van der Waals surface area (Å²) in [7, 11) is 3.06. The summed E-state index contributed by atoms with van der Waals surface area (Å²) in [6.45, 7) is 0.191. The van der Waals surface area contributed by atoms with Gasteiger partial charge in [-0.2, -0.15) is 0 Å². The van der Waals surface area contributed by atoms with E-state index >= 15 is 0 Å². The molecule has 1 aliphatic rings. The van der Waals surface area contributed by atoms with Crippen LogP contribution in [0.5, 0.6) is 23.0 Å². The molecule has 0 aliphatic carbocycles. The van der Waals surface area contributed by atoms with Crippen LogP contribution in [0.4, 0.5) is 0 Å². The van der Waals surface area contributed by atoms with Crippen LogP contribution in [-0.4, -0.2) is 32.1 Å². The third kappa shape index (κ3) is 3.08. The van der Waals surface area contributed by atoms with E-state index in [-0.39, 0.29) is 6.79 Å². The monoisotopic (exact) mass is 330 g/mol. The Hall–Kier alpha value is -2.89. The number of carboxylic acid groups (broad SMARTS) is 1. The average molecular weight is 330 g/mol. The molecule has 1 N–H and O–H groups in total. The first-order chi connectivity index (χ1) is 11.6. The Morgan fingerprint density at radius 2 is 1.83 bits per heavy atom. The predicted molar refractivity (Wildman–Crippen MR) is 86.2 cm³/mol. The molecule has 0 saturated heterocycles. The summed E-state index contributed by atoms with van der Waals surface area (Å²) in [4.78, 5) is 11.8. The van der Waals surface area contributed by atoms with Crippen molar-refractivity contribution in [2.24, 2.45) is 0 Å². The van der Waals surface area contributed by atoms with Crippen LogP contribution in [0.25, 0.3) is 0 Å². The van der Waals surface area contributed by atoms with Gasteiger partial charge in [0.05, 0.1) is 20.1 Å². The second-order valence-corrected chi connectivity index (χ2v) is 5.40. The van der Waals surface area contributed by atoms with Crippen molar-refractivity contribution in [1.82, 2.24) is 0 Å². The zero-order valence-corrected chi connectivity index (χ0v) is 13.4. The summed E-state index contributed by atoms with van der Waals surface area (Å²) in [6, 6.07) is 10.6. The Labute approximate surface area is 139 Å². The minimum absolute atomic E-state index is 0.191. The quantitative estimate of drug-likeness (QED) is 0.878. The molecule has 1 unspecified atom stereocenters. The van der Waals surface area contributed by atoms with Crippen molar-refractivity contribution in [1.29, 1.82) is 0 Å². The smallest absolute Gasteiger partial charge is 0.311 e. The van der Waals surface area contributed by atoms with Crippen LogP contribution in [0.1, 0.15) is 17.0 Å². The van der Waals surface area contributed by atoms with Crippen LogP contribution >= 0.6 is 0 Å². The molecule has 1 aliphatic heterocycles. The van der Waals surface area contributed by atoms with E-state index in [0.29, 0.717) is 35.0 Å². The maximum atomic E-state index is 11.8. The van der Waals surface area contributed by atoms with Gasteiger partial charge in [0.15, 0.2) is 23.0 Å². The van der Waals surface area contributed by atoms with Crippen molar-refractivity contribution in [3.05, 3.63) is 47.5 Å². The van der Waals surface area contributed by atoms with E-state index < -0.39 is 11.9 Å². The van der Waals surface area contributed by atoms with Crippen LogP contribution in [-0.2, 0) is 11.2 Å². The van der Waals surface area contributed by atoms with Crippen molar-refractivity contribution in [2.45, 2.75) is 12.3 Å². The molecule has 6 heteroatoms. The lowest BCUT2D eigenvalue weighted by Gasteiger charge is -2.16. The molecule has 1 atom stereocenters. The Morgan fingerprint density at radius 3 is 2.54 bits per heavy atom. The van der Waals surface area contributed by atoms with Crippen molar-refractivity contribution in [3.8, 4) is 23.0 Å². The zero-order valence-electron chi connectivity index (χ0n) is 13.4. The van der Waals surface area contributed by atoms with Gasteiger partial charge in [0.1, 0.15) is 0 Å². The first-order valence-corrected chi connectivity index (χ1v) is 7.45. The molecular formula is C18H18O6. The van der Waals surface area contributed by atoms with Gasteiger partial charge in [-0.1, -0.05) is 12.1 Å². The molecule has 0 spiro atoms. The molecule has 0 fully saturated rings. The maximum Gasteiger partial charge on any atom is 0.311 e. The fourth-order valence-corrected chi connectivity index (χ4v) is 2.72. The summed E-state index contributed by atoms with van der Waals surface area (Å²) < 4.78 is 21.1. The summed E-state index contributed by atoms with van der Waals surface area (Å²) >= 11 is 0. The second-order valence-electron chi connectivity index (χ2n) is 5.40. The van der Waals surface area contributed by atoms with E-state index in [1.54, 1.807) is 31.4 Å². The largest absolute Gasteiger partial charge is 0.493 e. The Kier molecular flexibility index (Phi) is 4.46. The molecule has 0 amide bonds. The minimum atomic E-state index is -0.903. The molecular weight excluding hydrogens is 312 g/mol. The van der Waals surface area contributed by atoms with E-state index in [1.807, 2.05) is 12.1 Å². The Balaban J connectivity index is 1.89. The third-order valence-corrected chi connectivity index (χ3v) is 3.98. The highest BCUT2D eigenvalue weighted by Gasteiger charge is 2.23. The number of aliphatic carboxylic acids is 1. The van der Waals surface area contributed by atoms with Gasteiger partial charge in [-0.05, 0) is 41.8 Å². The highest BCUT2D eigenvalue weighted by atomic mass is 16.7. The summed E-state index contributed by atoms with van der Waals surface area (Å²) in [5.41, 5.74) is 1.51. The van der Waals surface area contributed by atoms with E-state index in [2.05, 4.69) is 0 Å². The number of carbonyl (C=O) groups is 1. The van der Waals surface area contributed by atoms with Gasteiger partial charge < -0.3 is 24.1 Å². The predicted octanol–water partition coefficient (Wildman–Crippen LogP) is 2.84. The minimum Gasteiger partial charge on any atom is -0.493 e. The molecule has 2 aromatic carbocycles. The van der Waals surface area contributed by atoms with Gasteiger partial charge in [0.25, 0.3) is 0 Å². The number of fused-ring (bicyclic) bond motifs is 1. The number of methoxy groups -OCH3 is 2. The highest BCUT2D eigenvalue weighted by Crippen LogP contribution is 2.35. The maximum absolute atomic E-state index is 11.8. The van der Waals surface area contributed by atoms with Crippen LogP contribution in [0.15, 0.2) is 36.4 Å². The number of carboxylic acids is 1. The molecule has 0 radical (unpaired) electrons. The van der Waals surface area contributed by atoms with Crippen molar-refractivity contribution < 1.29 is 28.8 Å². The molecule has 6 nitrogen and oxygen atoms in total. The van der Waals surface area contributed by atoms with Crippen molar-refractivity contribution in [2.75, 3.05) is 21.0 Å². The second kappa shape index (κ2) is 6.70. The lowest BCUT2D eigenvalue weighted by atomic mass is 9.91. The molecule has 126 valence electrons. The first-order valence-electron chi connectivity index (χ1n) is 7.45. The molecule has 1 heterocycles. The van der Waals surface area contributed by atoms with Crippen LogP contribution in [0, 0.1) is 0 Å². The van der Waals surface area contributed by atoms with Gasteiger partial charge in [0.2, 0.25) is 6.79 Å². The summed E-state index contributed by atoms with van der Waals surface area (Å²) in [5, 5.41) is 9.64. The van der Waals surface area contributed by atoms with E-state index in [9.17, 15) is 9.90 Å². The van der Waals surface area contributed by atoms with Gasteiger partial charge in [0, 0.05) is 0 Å². The van der Waals surface area contributed by atoms with E-state index in [4.69, 9.17) is 18.9 Å². The van der Waals surface area contributed by atoms with Gasteiger partial charge in [-0.3, -0.25) is 4.79 Å². The molecule has 24 heavy (non-hydrogen) atoms. The summed E-state index contributed by atoms with van der Waals surface area (Å²) in [5.74, 6) is 0.783. The standard InChI is InChI=1S/C18H18O6/c1-21-14-6-4-12(9-16(14)22-2)13(18(19)20)7-11-3-5-15-17(8-11)24-10-23-15/h3-6,8-9,13H,7,10H2,1-2H3,(H,19,20). The molecule has 2 aromatic rings. The SMILES string of the molecule is COc1ccc(C(Cc2ccc3c(c2)OCO3)C(=O)O)cc1OC.